The summed E-state index contributed by atoms with van der Waals surface area (Å²) in [6, 6.07) is 0. The van der Waals surface area contributed by atoms with E-state index < -0.39 is 10.3 Å². The van der Waals surface area contributed by atoms with Gasteiger partial charge in [0.1, 0.15) is 0 Å². The molecule has 8 heavy (non-hydrogen) atoms. The molecule has 0 aliphatic carbocycles. The summed E-state index contributed by atoms with van der Waals surface area (Å²) in [5.74, 6) is 0. The number of carbonyl (C=O) groups is 1. The van der Waals surface area contributed by atoms with Crippen LogP contribution in [-0.4, -0.2) is 19.9 Å². The zero-order valence-electron chi connectivity index (χ0n) is 4.12. The van der Waals surface area contributed by atoms with Gasteiger partial charge >= 0.3 is 0 Å². The van der Waals surface area contributed by atoms with Gasteiger partial charge in [0.15, 0.2) is 0 Å². The smallest absolute Gasteiger partial charge is 0.299 e. The summed E-state index contributed by atoms with van der Waals surface area (Å²) in [5.41, 5.74) is 0. The van der Waals surface area contributed by atoms with Crippen LogP contribution in [0.15, 0.2) is 0 Å². The molecule has 0 spiro atoms. The molecule has 0 saturated heterocycles. The van der Waals surface area contributed by atoms with Crippen molar-refractivity contribution in [1.82, 2.24) is 0 Å². The van der Waals surface area contributed by atoms with Crippen molar-refractivity contribution in [1.29, 1.82) is 0 Å². The third-order valence-corrected chi connectivity index (χ3v) is 1.01. The monoisotopic (exact) mass is 136 g/mol. The van der Waals surface area contributed by atoms with Crippen LogP contribution in [-0.2, 0) is 19.8 Å². The van der Waals surface area contributed by atoms with Crippen molar-refractivity contribution in [2.75, 3.05) is 0 Å². The summed E-state index contributed by atoms with van der Waals surface area (Å²) in [6.45, 7) is 1.24. The first-order chi connectivity index (χ1) is 3.68. The highest BCUT2D eigenvalue weighted by Crippen LogP contribution is 1.68. The minimum absolute atomic E-state index is 0.0606. The fourth-order valence-corrected chi connectivity index (χ4v) is 0.225. The van der Waals surface area contributed by atoms with Crippen LogP contribution in [0.25, 0.3) is 0 Å². The predicted molar refractivity (Wildman–Crippen MR) is 26.7 cm³/mol. The molecule has 0 bridgehead atoms. The summed E-state index contributed by atoms with van der Waals surface area (Å²) >= 11 is 0. The normalized spacial score (nSPS) is 7.62. The minimum atomic E-state index is -2.40. The second-order valence-corrected chi connectivity index (χ2v) is 1.98. The molecule has 0 aliphatic heterocycles. The molecule has 0 aliphatic rings. The lowest BCUT2D eigenvalue weighted by Crippen LogP contribution is -1.96. The summed E-state index contributed by atoms with van der Waals surface area (Å²) < 4.78 is 23.5. The third-order valence-electron chi connectivity index (χ3n) is 0.449. The van der Waals surface area contributed by atoms with Gasteiger partial charge in [0, 0.05) is 6.92 Å². The average Bonchev–Trinajstić information content (AvgIpc) is 1.67. The van der Waals surface area contributed by atoms with Crippen LogP contribution in [0.4, 0.5) is 0 Å². The SMILES string of the molecule is CC(OC=O)=S(=O)=O. The van der Waals surface area contributed by atoms with E-state index >= 15 is 0 Å². The first-order valence-electron chi connectivity index (χ1n) is 1.71. The molecule has 0 heterocycles. The lowest BCUT2D eigenvalue weighted by Gasteiger charge is -1.83. The molecule has 0 fully saturated rings. The first kappa shape index (κ1) is 7.16. The highest BCUT2D eigenvalue weighted by Gasteiger charge is 1.87. The summed E-state index contributed by atoms with van der Waals surface area (Å²) in [4.78, 5) is 9.40. The van der Waals surface area contributed by atoms with Crippen LogP contribution >= 0.6 is 0 Å². The van der Waals surface area contributed by atoms with Gasteiger partial charge in [-0.1, -0.05) is 0 Å². The molecule has 0 radical (unpaired) electrons. The molecule has 4 nitrogen and oxygen atoms in total. The van der Waals surface area contributed by atoms with E-state index in [4.69, 9.17) is 0 Å². The number of hydrogen-bond acceptors (Lipinski definition) is 4. The van der Waals surface area contributed by atoms with Gasteiger partial charge in [-0.15, -0.1) is 0 Å². The number of ether oxygens (including phenoxy) is 1. The van der Waals surface area contributed by atoms with E-state index in [1.807, 2.05) is 0 Å². The molecule has 0 N–H and O–H groups in total. The highest BCUT2D eigenvalue weighted by molar-refractivity contribution is 7.72. The van der Waals surface area contributed by atoms with E-state index in [0.29, 0.717) is 0 Å². The molecule has 0 rings (SSSR count). The molecule has 0 atom stereocenters. The zero-order valence-corrected chi connectivity index (χ0v) is 4.94. The van der Waals surface area contributed by atoms with Crippen molar-refractivity contribution < 1.29 is 17.9 Å². The Balaban J connectivity index is 4.24. The van der Waals surface area contributed by atoms with Gasteiger partial charge in [0.25, 0.3) is 16.8 Å². The Morgan fingerprint density at radius 2 is 2.12 bits per heavy atom. The van der Waals surface area contributed by atoms with E-state index in [1.165, 1.54) is 6.92 Å². The molecule has 0 aromatic heterocycles. The van der Waals surface area contributed by atoms with E-state index in [9.17, 15) is 13.2 Å². The maximum atomic E-state index is 9.77. The average molecular weight is 136 g/mol. The van der Waals surface area contributed by atoms with Crippen molar-refractivity contribution in [2.24, 2.45) is 0 Å². The summed E-state index contributed by atoms with van der Waals surface area (Å²) in [6.07, 6.45) is 0. The Labute approximate surface area is 47.6 Å². The molecule has 0 saturated carbocycles. The van der Waals surface area contributed by atoms with Crippen LogP contribution in [0.5, 0.6) is 0 Å². The van der Waals surface area contributed by atoms with Crippen LogP contribution in [0.3, 0.4) is 0 Å². The number of rotatable bonds is 1. The topological polar surface area (TPSA) is 60.4 Å². The van der Waals surface area contributed by atoms with Gasteiger partial charge in [0.2, 0.25) is 5.05 Å². The Morgan fingerprint density at radius 3 is 2.25 bits per heavy atom. The van der Waals surface area contributed by atoms with Gasteiger partial charge in [-0.2, -0.15) is 8.42 Å². The molecule has 0 aromatic carbocycles. The second-order valence-electron chi connectivity index (χ2n) is 0.940. The lowest BCUT2D eigenvalue weighted by molar-refractivity contribution is -0.121. The number of carbonyl (C=O) groups excluding carboxylic acids is 1. The maximum Gasteiger partial charge on any atom is 0.299 e. The minimum Gasteiger partial charge on any atom is -0.417 e. The van der Waals surface area contributed by atoms with E-state index in [0.717, 1.165) is 0 Å². The summed E-state index contributed by atoms with van der Waals surface area (Å²) in [5, 5.41) is -0.319. The standard InChI is InChI=1S/C3H4O4S/c1-3(7-2-4)8(5)6/h2H,1H3. The van der Waals surface area contributed by atoms with E-state index in [2.05, 4.69) is 4.74 Å². The van der Waals surface area contributed by atoms with Crippen LogP contribution < -0.4 is 0 Å². The molecule has 5 heteroatoms. The second kappa shape index (κ2) is 3.20. The fraction of sp³-hybridized carbons (Fsp3) is 0.333. The van der Waals surface area contributed by atoms with Crippen molar-refractivity contribution in [3.8, 4) is 0 Å². The Morgan fingerprint density at radius 1 is 1.62 bits per heavy atom. The summed E-state index contributed by atoms with van der Waals surface area (Å²) in [7, 11) is -2.40. The Hall–Kier alpha value is -0.840. The lowest BCUT2D eigenvalue weighted by atomic mass is 10.9. The fourth-order valence-electron chi connectivity index (χ4n) is 0.107. The zero-order chi connectivity index (χ0) is 6.57. The van der Waals surface area contributed by atoms with Crippen LogP contribution in [0, 0.1) is 0 Å². The highest BCUT2D eigenvalue weighted by atomic mass is 32.2. The van der Waals surface area contributed by atoms with Gasteiger partial charge in [0.05, 0.1) is 0 Å². The molecular weight excluding hydrogens is 132 g/mol. The van der Waals surface area contributed by atoms with Crippen molar-refractivity contribution in [3.63, 3.8) is 0 Å². The van der Waals surface area contributed by atoms with E-state index in [-0.39, 0.29) is 11.5 Å². The Bertz CT molecular complexity index is 191. The van der Waals surface area contributed by atoms with Crippen molar-refractivity contribution in [2.45, 2.75) is 6.92 Å². The van der Waals surface area contributed by atoms with Gasteiger partial charge in [-0.25, -0.2) is 0 Å². The van der Waals surface area contributed by atoms with Gasteiger partial charge in [-0.3, -0.25) is 4.79 Å². The van der Waals surface area contributed by atoms with Crippen molar-refractivity contribution >= 4 is 21.8 Å². The third kappa shape index (κ3) is 2.35. The maximum absolute atomic E-state index is 9.77. The molecule has 0 aromatic rings. The predicted octanol–water partition coefficient (Wildman–Crippen LogP) is -0.812. The molecule has 0 amide bonds. The van der Waals surface area contributed by atoms with Crippen molar-refractivity contribution in [3.05, 3.63) is 0 Å². The molecule has 0 unspecified atom stereocenters. The van der Waals surface area contributed by atoms with E-state index in [1.54, 1.807) is 0 Å². The quantitative estimate of drug-likeness (QED) is 0.349. The van der Waals surface area contributed by atoms with Crippen LogP contribution in [0.1, 0.15) is 6.92 Å². The molecule has 46 valence electrons. The van der Waals surface area contributed by atoms with Gasteiger partial charge in [-0.05, 0) is 0 Å². The molecular formula is C3H4O4S. The van der Waals surface area contributed by atoms with Gasteiger partial charge < -0.3 is 4.74 Å². The first-order valence-corrected chi connectivity index (χ1v) is 2.79. The Kier molecular flexibility index (Phi) is 2.86. The number of hydrogen-bond donors (Lipinski definition) is 0. The largest absolute Gasteiger partial charge is 0.417 e. The van der Waals surface area contributed by atoms with Crippen LogP contribution in [0.2, 0.25) is 0 Å².